The van der Waals surface area contributed by atoms with Gasteiger partial charge in [0.05, 0.1) is 9.79 Å². The summed E-state index contributed by atoms with van der Waals surface area (Å²) in [5.74, 6) is -0.532. The molecule has 12 heteroatoms. The van der Waals surface area contributed by atoms with Crippen LogP contribution in [0, 0.1) is 6.92 Å². The zero-order valence-corrected chi connectivity index (χ0v) is 17.5. The zero-order chi connectivity index (χ0) is 22.2. The minimum absolute atomic E-state index is 0.0370. The van der Waals surface area contributed by atoms with Crippen LogP contribution < -0.4 is 4.74 Å². The Hall–Kier alpha value is -2.15. The van der Waals surface area contributed by atoms with Gasteiger partial charge in [-0.25, -0.2) is 16.8 Å². The number of hydrogen-bond donors (Lipinski definition) is 0. The Morgan fingerprint density at radius 1 is 0.733 bits per heavy atom. The number of alkyl halides is 3. The van der Waals surface area contributed by atoms with Gasteiger partial charge in [-0.3, -0.25) is 0 Å². The van der Waals surface area contributed by atoms with E-state index in [0.717, 1.165) is 34.1 Å². The van der Waals surface area contributed by atoms with Crippen LogP contribution in [0.1, 0.15) is 5.56 Å². The van der Waals surface area contributed by atoms with Gasteiger partial charge >= 0.3 is 6.36 Å². The van der Waals surface area contributed by atoms with Crippen molar-refractivity contribution in [2.75, 3.05) is 26.2 Å². The normalized spacial score (nSPS) is 17.1. The van der Waals surface area contributed by atoms with Crippen LogP contribution in [0.4, 0.5) is 13.2 Å². The maximum Gasteiger partial charge on any atom is 0.573 e. The summed E-state index contributed by atoms with van der Waals surface area (Å²) >= 11 is 0. The molecule has 1 aliphatic rings. The van der Waals surface area contributed by atoms with Crippen LogP contribution in [0.3, 0.4) is 0 Å². The number of aryl methyl sites for hydroxylation is 1. The SMILES string of the molecule is Cc1ccc(S(=O)(=O)N2CCN(S(=O)(=O)c3ccc(OC(F)(F)F)cc3)CC2)cc1. The molecule has 0 spiro atoms. The van der Waals surface area contributed by atoms with E-state index in [9.17, 15) is 30.0 Å². The molecule has 3 rings (SSSR count). The molecule has 0 radical (unpaired) electrons. The molecule has 0 aliphatic carbocycles. The van der Waals surface area contributed by atoms with Gasteiger partial charge in [0.2, 0.25) is 20.0 Å². The van der Waals surface area contributed by atoms with Crippen molar-refractivity contribution in [2.45, 2.75) is 23.1 Å². The maximum atomic E-state index is 12.7. The molecule has 0 unspecified atom stereocenters. The Morgan fingerprint density at radius 3 is 1.47 bits per heavy atom. The summed E-state index contributed by atoms with van der Waals surface area (Å²) in [4.78, 5) is -0.0727. The molecule has 2 aromatic rings. The van der Waals surface area contributed by atoms with E-state index in [1.165, 1.54) is 16.4 Å². The molecule has 7 nitrogen and oxygen atoms in total. The summed E-state index contributed by atoms with van der Waals surface area (Å²) in [7, 11) is -7.73. The topological polar surface area (TPSA) is 84.0 Å². The van der Waals surface area contributed by atoms with E-state index in [-0.39, 0.29) is 36.0 Å². The highest BCUT2D eigenvalue weighted by Gasteiger charge is 2.34. The van der Waals surface area contributed by atoms with Gasteiger partial charge in [0.15, 0.2) is 0 Å². The van der Waals surface area contributed by atoms with Crippen LogP contribution in [-0.2, 0) is 20.0 Å². The van der Waals surface area contributed by atoms with Crippen LogP contribution in [0.5, 0.6) is 5.75 Å². The fourth-order valence-corrected chi connectivity index (χ4v) is 5.82. The number of rotatable bonds is 5. The second-order valence-corrected chi connectivity index (χ2v) is 10.5. The number of piperazine rings is 1. The molecule has 0 amide bonds. The average molecular weight is 464 g/mol. The van der Waals surface area contributed by atoms with Crippen molar-refractivity contribution in [2.24, 2.45) is 0 Å². The van der Waals surface area contributed by atoms with Crippen LogP contribution in [0.2, 0.25) is 0 Å². The quantitative estimate of drug-likeness (QED) is 0.679. The van der Waals surface area contributed by atoms with Gasteiger partial charge in [0.25, 0.3) is 0 Å². The number of nitrogens with zero attached hydrogens (tertiary/aromatic N) is 2. The lowest BCUT2D eigenvalue weighted by Crippen LogP contribution is -2.50. The van der Waals surface area contributed by atoms with E-state index in [4.69, 9.17) is 0 Å². The first kappa shape index (κ1) is 22.5. The lowest BCUT2D eigenvalue weighted by molar-refractivity contribution is -0.274. The Balaban J connectivity index is 1.70. The molecule has 2 aromatic carbocycles. The molecular weight excluding hydrogens is 445 g/mol. The second-order valence-electron chi connectivity index (χ2n) is 6.64. The Labute approximate surface area is 172 Å². The summed E-state index contributed by atoms with van der Waals surface area (Å²) in [6.45, 7) is 1.61. The van der Waals surface area contributed by atoms with Gasteiger partial charge < -0.3 is 4.74 Å². The first-order chi connectivity index (χ1) is 13.9. The lowest BCUT2D eigenvalue weighted by atomic mass is 10.2. The summed E-state index contributed by atoms with van der Waals surface area (Å²) in [5, 5.41) is 0. The highest BCUT2D eigenvalue weighted by Crippen LogP contribution is 2.26. The van der Waals surface area contributed by atoms with E-state index in [0.29, 0.717) is 0 Å². The molecule has 164 valence electrons. The van der Waals surface area contributed by atoms with Crippen molar-refractivity contribution in [3.8, 4) is 5.75 Å². The number of ether oxygens (including phenoxy) is 1. The maximum absolute atomic E-state index is 12.7. The molecule has 0 saturated carbocycles. The Bertz CT molecular complexity index is 1090. The van der Waals surface area contributed by atoms with Crippen molar-refractivity contribution in [1.82, 2.24) is 8.61 Å². The fraction of sp³-hybridized carbons (Fsp3) is 0.333. The third-order valence-corrected chi connectivity index (χ3v) is 8.38. The molecule has 0 aromatic heterocycles. The van der Waals surface area contributed by atoms with E-state index >= 15 is 0 Å². The van der Waals surface area contributed by atoms with Crippen molar-refractivity contribution >= 4 is 20.0 Å². The highest BCUT2D eigenvalue weighted by atomic mass is 32.2. The molecule has 1 fully saturated rings. The average Bonchev–Trinajstić information content (AvgIpc) is 2.67. The standard InChI is InChI=1S/C18H19F3N2O5S2/c1-14-2-6-16(7-3-14)29(24,25)22-10-12-23(13-11-22)30(26,27)17-8-4-15(5-9-17)28-18(19,20)21/h2-9H,10-13H2,1H3. The van der Waals surface area contributed by atoms with E-state index in [1.54, 1.807) is 12.1 Å². The minimum Gasteiger partial charge on any atom is -0.406 e. The van der Waals surface area contributed by atoms with Gasteiger partial charge in [-0.1, -0.05) is 17.7 Å². The van der Waals surface area contributed by atoms with E-state index < -0.39 is 32.2 Å². The van der Waals surface area contributed by atoms with Crippen LogP contribution in [0.25, 0.3) is 0 Å². The van der Waals surface area contributed by atoms with Crippen LogP contribution in [-0.4, -0.2) is 58.0 Å². The van der Waals surface area contributed by atoms with Crippen LogP contribution >= 0.6 is 0 Å². The Kier molecular flexibility index (Phi) is 6.14. The summed E-state index contributed by atoms with van der Waals surface area (Å²) in [6.07, 6.45) is -4.88. The number of halogens is 3. The predicted molar refractivity (Wildman–Crippen MR) is 102 cm³/mol. The minimum atomic E-state index is -4.88. The van der Waals surface area contributed by atoms with Gasteiger partial charge in [-0.05, 0) is 43.3 Å². The lowest BCUT2D eigenvalue weighted by Gasteiger charge is -2.33. The largest absolute Gasteiger partial charge is 0.573 e. The molecule has 1 aliphatic heterocycles. The number of hydrogen-bond acceptors (Lipinski definition) is 5. The monoisotopic (exact) mass is 464 g/mol. The van der Waals surface area contributed by atoms with Gasteiger partial charge in [-0.2, -0.15) is 8.61 Å². The molecule has 30 heavy (non-hydrogen) atoms. The van der Waals surface area contributed by atoms with Crippen LogP contribution in [0.15, 0.2) is 58.3 Å². The molecule has 1 saturated heterocycles. The Morgan fingerprint density at radius 2 is 1.10 bits per heavy atom. The zero-order valence-electron chi connectivity index (χ0n) is 15.8. The third-order valence-electron chi connectivity index (χ3n) is 4.55. The molecule has 0 bridgehead atoms. The number of sulfonamides is 2. The smallest absolute Gasteiger partial charge is 0.406 e. The summed E-state index contributed by atoms with van der Waals surface area (Å²) < 4.78 is 93.7. The fourth-order valence-electron chi connectivity index (χ4n) is 2.97. The predicted octanol–water partition coefficient (Wildman–Crippen LogP) is 2.59. The van der Waals surface area contributed by atoms with Gasteiger partial charge in [-0.15, -0.1) is 13.2 Å². The van der Waals surface area contributed by atoms with Crippen molar-refractivity contribution in [1.29, 1.82) is 0 Å². The van der Waals surface area contributed by atoms with Crippen molar-refractivity contribution in [3.05, 3.63) is 54.1 Å². The molecule has 0 atom stereocenters. The van der Waals surface area contributed by atoms with Crippen molar-refractivity contribution < 1.29 is 34.7 Å². The molecule has 0 N–H and O–H groups in total. The highest BCUT2D eigenvalue weighted by molar-refractivity contribution is 7.89. The molecule has 1 heterocycles. The second kappa shape index (κ2) is 8.17. The van der Waals surface area contributed by atoms with Gasteiger partial charge in [0, 0.05) is 26.2 Å². The summed E-state index contributed by atoms with van der Waals surface area (Å²) in [6, 6.07) is 10.2. The van der Waals surface area contributed by atoms with E-state index in [1.807, 2.05) is 6.92 Å². The summed E-state index contributed by atoms with van der Waals surface area (Å²) in [5.41, 5.74) is 0.913. The van der Waals surface area contributed by atoms with E-state index in [2.05, 4.69) is 4.74 Å². The van der Waals surface area contributed by atoms with Gasteiger partial charge in [0.1, 0.15) is 5.75 Å². The first-order valence-electron chi connectivity index (χ1n) is 8.82. The van der Waals surface area contributed by atoms with Crippen molar-refractivity contribution in [3.63, 3.8) is 0 Å². The third kappa shape index (κ3) is 4.94. The number of benzene rings is 2. The first-order valence-corrected chi connectivity index (χ1v) is 11.7. The molecular formula is C18H19F3N2O5S2.